The Kier molecular flexibility index (Phi) is 7.13. The molecule has 3 aromatic carbocycles. The third kappa shape index (κ3) is 5.38. The highest BCUT2D eigenvalue weighted by molar-refractivity contribution is 5.95. The molecule has 1 heterocycles. The second kappa shape index (κ2) is 10.6. The minimum atomic E-state index is -0.718. The number of hydrogen-bond donors (Lipinski definition) is 2. The van der Waals surface area contributed by atoms with Gasteiger partial charge in [-0.3, -0.25) is 0 Å². The number of rotatable bonds is 8. The molecule has 7 heteroatoms. The standard InChI is InChI=1S/C27H26N2O5/c1-18-24(26(30)34-17-20-12-14-21(32-2)15-13-20)25(29-27(31)28-18)22-10-6-7-11-23(22)33-16-19-8-4-3-5-9-19/h3-15,25H,16-17H2,1-2H3,(H2,28,29,31)/t25-/m0/s1. The van der Waals surface area contributed by atoms with Crippen molar-refractivity contribution in [1.29, 1.82) is 0 Å². The van der Waals surface area contributed by atoms with E-state index in [4.69, 9.17) is 14.2 Å². The molecule has 0 saturated carbocycles. The second-order valence-corrected chi connectivity index (χ2v) is 7.81. The number of benzene rings is 3. The largest absolute Gasteiger partial charge is 0.497 e. The van der Waals surface area contributed by atoms with Gasteiger partial charge in [-0.25, -0.2) is 9.59 Å². The van der Waals surface area contributed by atoms with E-state index in [2.05, 4.69) is 10.6 Å². The first-order valence-corrected chi connectivity index (χ1v) is 10.9. The predicted molar refractivity (Wildman–Crippen MR) is 127 cm³/mol. The summed E-state index contributed by atoms with van der Waals surface area (Å²) < 4.78 is 16.8. The van der Waals surface area contributed by atoms with Gasteiger partial charge in [0.1, 0.15) is 24.7 Å². The summed E-state index contributed by atoms with van der Waals surface area (Å²) in [6.07, 6.45) is 0. The highest BCUT2D eigenvalue weighted by Crippen LogP contribution is 2.34. The van der Waals surface area contributed by atoms with Crippen LogP contribution in [0.5, 0.6) is 11.5 Å². The topological polar surface area (TPSA) is 85.9 Å². The number of allylic oxidation sites excluding steroid dienone is 1. The lowest BCUT2D eigenvalue weighted by molar-refractivity contribution is -0.140. The Balaban J connectivity index is 1.55. The number of hydrogen-bond acceptors (Lipinski definition) is 5. The van der Waals surface area contributed by atoms with E-state index in [0.29, 0.717) is 29.2 Å². The third-order valence-electron chi connectivity index (χ3n) is 5.49. The molecule has 0 fully saturated rings. The maximum atomic E-state index is 13.1. The lowest BCUT2D eigenvalue weighted by Crippen LogP contribution is -2.45. The van der Waals surface area contributed by atoms with Crippen molar-refractivity contribution in [3.8, 4) is 11.5 Å². The van der Waals surface area contributed by atoms with Crippen LogP contribution in [0.25, 0.3) is 0 Å². The molecule has 0 aromatic heterocycles. The van der Waals surface area contributed by atoms with Gasteiger partial charge < -0.3 is 24.8 Å². The molecular formula is C27H26N2O5. The molecular weight excluding hydrogens is 432 g/mol. The van der Waals surface area contributed by atoms with Crippen LogP contribution in [0.4, 0.5) is 4.79 Å². The summed E-state index contributed by atoms with van der Waals surface area (Å²) in [5.41, 5.74) is 3.26. The summed E-state index contributed by atoms with van der Waals surface area (Å²) in [4.78, 5) is 25.4. The van der Waals surface area contributed by atoms with Crippen LogP contribution in [-0.2, 0) is 22.7 Å². The van der Waals surface area contributed by atoms with E-state index in [0.717, 1.165) is 16.9 Å². The molecule has 1 atom stereocenters. The molecule has 0 unspecified atom stereocenters. The summed E-state index contributed by atoms with van der Waals surface area (Å²) in [6.45, 7) is 2.13. The zero-order valence-electron chi connectivity index (χ0n) is 19.0. The van der Waals surface area contributed by atoms with Crippen LogP contribution in [0.15, 0.2) is 90.1 Å². The molecule has 34 heavy (non-hydrogen) atoms. The monoisotopic (exact) mass is 458 g/mol. The van der Waals surface area contributed by atoms with Gasteiger partial charge in [-0.05, 0) is 36.2 Å². The summed E-state index contributed by atoms with van der Waals surface area (Å²) >= 11 is 0. The van der Waals surface area contributed by atoms with E-state index in [1.807, 2.05) is 66.7 Å². The lowest BCUT2D eigenvalue weighted by Gasteiger charge is -2.29. The fourth-order valence-electron chi connectivity index (χ4n) is 3.73. The summed E-state index contributed by atoms with van der Waals surface area (Å²) in [7, 11) is 1.59. The Bertz CT molecular complexity index is 1190. The Hall–Kier alpha value is -4.26. The molecule has 1 aliphatic heterocycles. The van der Waals surface area contributed by atoms with Crippen LogP contribution in [0.2, 0.25) is 0 Å². The average molecular weight is 459 g/mol. The van der Waals surface area contributed by atoms with Crippen molar-refractivity contribution in [3.05, 3.63) is 107 Å². The molecule has 2 amide bonds. The SMILES string of the molecule is COc1ccc(COC(=O)C2=C(C)NC(=O)N[C@H]2c2ccccc2OCc2ccccc2)cc1. The van der Waals surface area contributed by atoms with E-state index in [9.17, 15) is 9.59 Å². The molecule has 0 aliphatic carbocycles. The molecule has 2 N–H and O–H groups in total. The van der Waals surface area contributed by atoms with Crippen LogP contribution in [0.1, 0.15) is 29.7 Å². The van der Waals surface area contributed by atoms with Crippen LogP contribution in [0.3, 0.4) is 0 Å². The zero-order valence-corrected chi connectivity index (χ0v) is 19.0. The van der Waals surface area contributed by atoms with Gasteiger partial charge in [-0.15, -0.1) is 0 Å². The molecule has 174 valence electrons. The van der Waals surface area contributed by atoms with E-state index < -0.39 is 18.0 Å². The molecule has 3 aromatic rings. The first kappa shape index (κ1) is 22.9. The second-order valence-electron chi connectivity index (χ2n) is 7.81. The number of para-hydroxylation sites is 1. The van der Waals surface area contributed by atoms with Crippen molar-refractivity contribution < 1.29 is 23.8 Å². The molecule has 1 aliphatic rings. The van der Waals surface area contributed by atoms with E-state index in [1.165, 1.54) is 0 Å². The quantitative estimate of drug-likeness (QED) is 0.480. The van der Waals surface area contributed by atoms with Crippen LogP contribution in [-0.4, -0.2) is 19.1 Å². The molecule has 0 spiro atoms. The Morgan fingerprint density at radius 2 is 1.56 bits per heavy atom. The summed E-state index contributed by atoms with van der Waals surface area (Å²) in [5, 5.41) is 5.51. The van der Waals surface area contributed by atoms with Gasteiger partial charge in [0.2, 0.25) is 0 Å². The fourth-order valence-corrected chi connectivity index (χ4v) is 3.73. The van der Waals surface area contributed by atoms with Gasteiger partial charge in [0.15, 0.2) is 0 Å². The zero-order chi connectivity index (χ0) is 23.9. The van der Waals surface area contributed by atoms with Crippen LogP contribution < -0.4 is 20.1 Å². The Morgan fingerprint density at radius 3 is 2.29 bits per heavy atom. The molecule has 4 rings (SSSR count). The van der Waals surface area contributed by atoms with Crippen molar-refractivity contribution in [2.24, 2.45) is 0 Å². The highest BCUT2D eigenvalue weighted by Gasteiger charge is 2.34. The van der Waals surface area contributed by atoms with Crippen molar-refractivity contribution >= 4 is 12.0 Å². The first-order chi connectivity index (χ1) is 16.5. The smallest absolute Gasteiger partial charge is 0.338 e. The molecule has 7 nitrogen and oxygen atoms in total. The first-order valence-electron chi connectivity index (χ1n) is 10.9. The van der Waals surface area contributed by atoms with Crippen LogP contribution in [0, 0.1) is 0 Å². The summed E-state index contributed by atoms with van der Waals surface area (Å²) in [6, 6.07) is 23.3. The third-order valence-corrected chi connectivity index (χ3v) is 5.49. The highest BCUT2D eigenvalue weighted by atomic mass is 16.5. The van der Waals surface area contributed by atoms with Crippen molar-refractivity contribution in [3.63, 3.8) is 0 Å². The number of carbonyl (C=O) groups is 2. The van der Waals surface area contributed by atoms with Crippen molar-refractivity contribution in [2.45, 2.75) is 26.2 Å². The minimum absolute atomic E-state index is 0.0897. The van der Waals surface area contributed by atoms with Gasteiger partial charge in [0, 0.05) is 11.3 Å². The van der Waals surface area contributed by atoms with Gasteiger partial charge in [-0.1, -0.05) is 60.7 Å². The van der Waals surface area contributed by atoms with E-state index in [1.54, 1.807) is 26.2 Å². The maximum absolute atomic E-state index is 13.1. The van der Waals surface area contributed by atoms with Crippen molar-refractivity contribution in [1.82, 2.24) is 10.6 Å². The summed E-state index contributed by atoms with van der Waals surface area (Å²) in [5.74, 6) is 0.774. The minimum Gasteiger partial charge on any atom is -0.497 e. The number of amides is 2. The number of urea groups is 1. The van der Waals surface area contributed by atoms with Gasteiger partial charge >= 0.3 is 12.0 Å². The number of methoxy groups -OCH3 is 1. The average Bonchev–Trinajstić information content (AvgIpc) is 2.86. The van der Waals surface area contributed by atoms with Crippen molar-refractivity contribution in [2.75, 3.05) is 7.11 Å². The number of ether oxygens (including phenoxy) is 3. The van der Waals surface area contributed by atoms with Gasteiger partial charge in [-0.2, -0.15) is 0 Å². The van der Waals surface area contributed by atoms with Gasteiger partial charge in [0.25, 0.3) is 0 Å². The number of esters is 1. The lowest BCUT2D eigenvalue weighted by atomic mass is 9.95. The maximum Gasteiger partial charge on any atom is 0.338 e. The number of nitrogens with one attached hydrogen (secondary N) is 2. The molecule has 0 radical (unpaired) electrons. The number of carbonyl (C=O) groups excluding carboxylic acids is 2. The van der Waals surface area contributed by atoms with Crippen LogP contribution >= 0.6 is 0 Å². The van der Waals surface area contributed by atoms with Gasteiger partial charge in [0.05, 0.1) is 18.7 Å². The normalized spacial score (nSPS) is 15.2. The van der Waals surface area contributed by atoms with E-state index >= 15 is 0 Å². The molecule has 0 saturated heterocycles. The fraction of sp³-hybridized carbons (Fsp3) is 0.185. The predicted octanol–water partition coefficient (Wildman–Crippen LogP) is 4.65. The Labute approximate surface area is 198 Å². The van der Waals surface area contributed by atoms with E-state index in [-0.39, 0.29) is 6.61 Å². The Morgan fingerprint density at radius 1 is 0.882 bits per heavy atom. The molecule has 0 bridgehead atoms.